The molecule has 0 aliphatic heterocycles. The molecule has 2 heteroatoms. The van der Waals surface area contributed by atoms with Crippen molar-refractivity contribution in [3.8, 4) is 0 Å². The molecule has 0 saturated carbocycles. The molecule has 2 atom stereocenters. The van der Waals surface area contributed by atoms with E-state index in [1.54, 1.807) is 0 Å². The molecular weight excluding hydrogens is 310 g/mol. The molecule has 20 heavy (non-hydrogen) atoms. The van der Waals surface area contributed by atoms with Gasteiger partial charge in [0.2, 0.25) is 0 Å². The molecule has 0 aromatic heterocycles. The first-order valence-electron chi connectivity index (χ1n) is 7.06. The van der Waals surface area contributed by atoms with Crippen LogP contribution in [-0.2, 0) is 0 Å². The van der Waals surface area contributed by atoms with Gasteiger partial charge < -0.3 is 5.32 Å². The minimum Gasteiger partial charge on any atom is -0.304 e. The molecule has 0 aliphatic carbocycles. The Labute approximate surface area is 130 Å². The van der Waals surface area contributed by atoms with E-state index >= 15 is 0 Å². The van der Waals surface area contributed by atoms with Crippen molar-refractivity contribution in [2.75, 3.05) is 0 Å². The lowest BCUT2D eigenvalue weighted by Crippen LogP contribution is -2.22. The highest BCUT2D eigenvalue weighted by molar-refractivity contribution is 9.10. The monoisotopic (exact) mass is 331 g/mol. The Balaban J connectivity index is 2.15. The number of hydrogen-bond donors (Lipinski definition) is 1. The van der Waals surface area contributed by atoms with E-state index in [0.29, 0.717) is 12.1 Å². The average Bonchev–Trinajstić information content (AvgIpc) is 2.37. The van der Waals surface area contributed by atoms with Crippen molar-refractivity contribution < 1.29 is 0 Å². The highest BCUT2D eigenvalue weighted by Gasteiger charge is 2.13. The summed E-state index contributed by atoms with van der Waals surface area (Å²) >= 11 is 3.63. The van der Waals surface area contributed by atoms with E-state index in [1.165, 1.54) is 22.3 Å². The highest BCUT2D eigenvalue weighted by atomic mass is 79.9. The van der Waals surface area contributed by atoms with Crippen molar-refractivity contribution in [3.63, 3.8) is 0 Å². The molecule has 0 bridgehead atoms. The van der Waals surface area contributed by atoms with E-state index in [1.807, 2.05) is 6.07 Å². The summed E-state index contributed by atoms with van der Waals surface area (Å²) in [6.45, 7) is 8.74. The average molecular weight is 332 g/mol. The Kier molecular flexibility index (Phi) is 5.00. The van der Waals surface area contributed by atoms with Gasteiger partial charge in [-0.05, 0) is 44.9 Å². The lowest BCUT2D eigenvalue weighted by atomic mass is 10.0. The van der Waals surface area contributed by atoms with Crippen LogP contribution in [0.5, 0.6) is 0 Å². The van der Waals surface area contributed by atoms with E-state index in [2.05, 4.69) is 85.3 Å². The number of aryl methyl sites for hydroxylation is 2. The van der Waals surface area contributed by atoms with Gasteiger partial charge in [0, 0.05) is 16.6 Å². The maximum Gasteiger partial charge on any atom is 0.0308 e. The number of rotatable bonds is 4. The zero-order valence-electron chi connectivity index (χ0n) is 12.6. The Morgan fingerprint density at radius 3 is 2.10 bits per heavy atom. The molecule has 2 aromatic carbocycles. The van der Waals surface area contributed by atoms with E-state index < -0.39 is 0 Å². The first kappa shape index (κ1) is 15.3. The van der Waals surface area contributed by atoms with Gasteiger partial charge in [0.15, 0.2) is 0 Å². The molecular formula is C18H22BrN. The predicted octanol–water partition coefficient (Wildman–Crippen LogP) is 5.48. The highest BCUT2D eigenvalue weighted by Crippen LogP contribution is 2.26. The summed E-state index contributed by atoms with van der Waals surface area (Å²) in [5, 5.41) is 3.68. The van der Waals surface area contributed by atoms with Gasteiger partial charge in [-0.3, -0.25) is 0 Å². The van der Waals surface area contributed by atoms with Crippen LogP contribution < -0.4 is 5.32 Å². The van der Waals surface area contributed by atoms with Gasteiger partial charge in [-0.25, -0.2) is 0 Å². The Bertz CT molecular complexity index is 571. The lowest BCUT2D eigenvalue weighted by Gasteiger charge is -2.22. The lowest BCUT2D eigenvalue weighted by molar-refractivity contribution is 0.493. The molecule has 1 unspecified atom stereocenters. The topological polar surface area (TPSA) is 12.0 Å². The molecule has 2 aromatic rings. The number of hydrogen-bond acceptors (Lipinski definition) is 1. The third kappa shape index (κ3) is 3.71. The van der Waals surface area contributed by atoms with Crippen molar-refractivity contribution in [3.05, 3.63) is 69.2 Å². The van der Waals surface area contributed by atoms with Crippen LogP contribution in [0.4, 0.5) is 0 Å². The van der Waals surface area contributed by atoms with Crippen LogP contribution in [-0.4, -0.2) is 0 Å². The zero-order chi connectivity index (χ0) is 14.7. The van der Waals surface area contributed by atoms with E-state index in [-0.39, 0.29) is 0 Å². The Morgan fingerprint density at radius 1 is 0.900 bits per heavy atom. The van der Waals surface area contributed by atoms with Gasteiger partial charge >= 0.3 is 0 Å². The number of nitrogens with one attached hydrogen (secondary N) is 1. The second-order valence-corrected chi connectivity index (χ2v) is 6.41. The maximum absolute atomic E-state index is 3.68. The van der Waals surface area contributed by atoms with Gasteiger partial charge in [0.1, 0.15) is 0 Å². The van der Waals surface area contributed by atoms with Gasteiger partial charge in [-0.1, -0.05) is 63.5 Å². The van der Waals surface area contributed by atoms with Crippen LogP contribution in [0, 0.1) is 13.8 Å². The molecule has 1 N–H and O–H groups in total. The second-order valence-electron chi connectivity index (χ2n) is 5.55. The smallest absolute Gasteiger partial charge is 0.0308 e. The first-order chi connectivity index (χ1) is 9.47. The third-order valence-corrected chi connectivity index (χ3v) is 4.34. The fourth-order valence-corrected chi connectivity index (χ4v) is 3.28. The van der Waals surface area contributed by atoms with Crippen LogP contribution in [0.2, 0.25) is 0 Å². The minimum absolute atomic E-state index is 0.307. The van der Waals surface area contributed by atoms with Crippen molar-refractivity contribution in [1.29, 1.82) is 0 Å². The van der Waals surface area contributed by atoms with Crippen LogP contribution in [0.25, 0.3) is 0 Å². The molecule has 0 heterocycles. The molecule has 0 amide bonds. The van der Waals surface area contributed by atoms with Crippen LogP contribution in [0.15, 0.2) is 46.9 Å². The summed E-state index contributed by atoms with van der Waals surface area (Å²) in [6.07, 6.45) is 0. The van der Waals surface area contributed by atoms with E-state index in [4.69, 9.17) is 0 Å². The van der Waals surface area contributed by atoms with Crippen molar-refractivity contribution in [2.45, 2.75) is 39.8 Å². The third-order valence-electron chi connectivity index (χ3n) is 3.62. The molecule has 0 fully saturated rings. The number of halogens is 1. The summed E-state index contributed by atoms with van der Waals surface area (Å²) in [4.78, 5) is 0. The molecule has 106 valence electrons. The van der Waals surface area contributed by atoms with Gasteiger partial charge in [0.25, 0.3) is 0 Å². The van der Waals surface area contributed by atoms with Crippen LogP contribution in [0.3, 0.4) is 0 Å². The number of benzene rings is 2. The largest absolute Gasteiger partial charge is 0.304 e. The molecule has 0 radical (unpaired) electrons. The molecule has 0 aliphatic rings. The zero-order valence-corrected chi connectivity index (χ0v) is 14.2. The summed E-state index contributed by atoms with van der Waals surface area (Å²) in [5.41, 5.74) is 5.29. The quantitative estimate of drug-likeness (QED) is 0.782. The Hall–Kier alpha value is -1.12. The fraction of sp³-hybridized carbons (Fsp3) is 0.333. The normalized spacial score (nSPS) is 14.1. The standard InChI is InChI=1S/C18H22BrN/c1-12-9-13(2)11-16(10-12)14(3)20-15(4)17-7-5-6-8-18(17)19/h5-11,14-15,20H,1-4H3/t14?,15-/m1/s1. The summed E-state index contributed by atoms with van der Waals surface area (Å²) < 4.78 is 1.16. The SMILES string of the molecule is Cc1cc(C)cc(C(C)N[C@H](C)c2ccccc2Br)c1. The van der Waals surface area contributed by atoms with Crippen LogP contribution >= 0.6 is 15.9 Å². The summed E-state index contributed by atoms with van der Waals surface area (Å²) in [6, 6.07) is 15.8. The van der Waals surface area contributed by atoms with Crippen molar-refractivity contribution in [1.82, 2.24) is 5.32 Å². The van der Waals surface area contributed by atoms with E-state index in [0.717, 1.165) is 4.47 Å². The Morgan fingerprint density at radius 2 is 1.50 bits per heavy atom. The second kappa shape index (κ2) is 6.55. The molecule has 0 spiro atoms. The van der Waals surface area contributed by atoms with E-state index in [9.17, 15) is 0 Å². The summed E-state index contributed by atoms with van der Waals surface area (Å²) in [7, 11) is 0. The maximum atomic E-state index is 3.68. The minimum atomic E-state index is 0.307. The summed E-state index contributed by atoms with van der Waals surface area (Å²) in [5.74, 6) is 0. The van der Waals surface area contributed by atoms with Crippen molar-refractivity contribution in [2.24, 2.45) is 0 Å². The van der Waals surface area contributed by atoms with Crippen molar-refractivity contribution >= 4 is 15.9 Å². The molecule has 1 nitrogen and oxygen atoms in total. The predicted molar refractivity (Wildman–Crippen MR) is 90.0 cm³/mol. The fourth-order valence-electron chi connectivity index (χ4n) is 2.65. The molecule has 2 rings (SSSR count). The molecule has 0 saturated heterocycles. The van der Waals surface area contributed by atoms with Gasteiger partial charge in [0.05, 0.1) is 0 Å². The van der Waals surface area contributed by atoms with Gasteiger partial charge in [-0.15, -0.1) is 0 Å². The van der Waals surface area contributed by atoms with Crippen LogP contribution in [0.1, 0.15) is 48.2 Å². The van der Waals surface area contributed by atoms with Gasteiger partial charge in [-0.2, -0.15) is 0 Å². The first-order valence-corrected chi connectivity index (χ1v) is 7.85.